The summed E-state index contributed by atoms with van der Waals surface area (Å²) in [4.78, 5) is 0. The molecular formula is C12H16O3. The lowest BCUT2D eigenvalue weighted by Crippen LogP contribution is -2.56. The molecule has 1 aliphatic heterocycles. The van der Waals surface area contributed by atoms with Crippen LogP contribution in [-0.2, 0) is 14.2 Å². The average Bonchev–Trinajstić information content (AvgIpc) is 2.30. The first-order chi connectivity index (χ1) is 7.23. The minimum absolute atomic E-state index is 0.0612. The van der Waals surface area contributed by atoms with Crippen molar-refractivity contribution in [2.45, 2.75) is 19.0 Å². The Morgan fingerprint density at radius 1 is 1.13 bits per heavy atom. The summed E-state index contributed by atoms with van der Waals surface area (Å²) < 4.78 is 16.2. The zero-order valence-electron chi connectivity index (χ0n) is 9.27. The standard InChI is InChI=1S/C12H16O3/c1-9-11(10-7-5-4-6-8-10)15-12(9,13-2)14-3/h4-9,11H,1-3H3. The number of rotatable bonds is 3. The van der Waals surface area contributed by atoms with Crippen LogP contribution in [0, 0.1) is 5.92 Å². The average molecular weight is 208 g/mol. The minimum atomic E-state index is -0.861. The van der Waals surface area contributed by atoms with Gasteiger partial charge in [0.15, 0.2) is 0 Å². The highest BCUT2D eigenvalue weighted by atomic mass is 16.9. The molecule has 3 nitrogen and oxygen atoms in total. The third kappa shape index (κ3) is 1.57. The Morgan fingerprint density at radius 2 is 1.73 bits per heavy atom. The first kappa shape index (κ1) is 10.6. The van der Waals surface area contributed by atoms with Gasteiger partial charge in [-0.2, -0.15) is 0 Å². The highest BCUT2D eigenvalue weighted by Gasteiger charge is 2.55. The highest BCUT2D eigenvalue weighted by molar-refractivity contribution is 5.20. The van der Waals surface area contributed by atoms with E-state index >= 15 is 0 Å². The monoisotopic (exact) mass is 208 g/mol. The smallest absolute Gasteiger partial charge is 0.288 e. The maximum atomic E-state index is 5.68. The van der Waals surface area contributed by atoms with E-state index in [1.165, 1.54) is 0 Å². The SMILES string of the molecule is COC1(OC)OC(c2ccccc2)C1C. The van der Waals surface area contributed by atoms with Crippen LogP contribution in [0.3, 0.4) is 0 Å². The summed E-state index contributed by atoms with van der Waals surface area (Å²) in [5.74, 6) is -0.671. The van der Waals surface area contributed by atoms with Gasteiger partial charge in [0, 0.05) is 14.2 Å². The first-order valence-corrected chi connectivity index (χ1v) is 5.06. The molecule has 15 heavy (non-hydrogen) atoms. The van der Waals surface area contributed by atoms with Crippen LogP contribution in [0.5, 0.6) is 0 Å². The van der Waals surface area contributed by atoms with Gasteiger partial charge in [-0.15, -0.1) is 0 Å². The molecule has 1 fully saturated rings. The summed E-state index contributed by atoms with van der Waals surface area (Å²) in [5, 5.41) is 0. The molecule has 0 saturated carbocycles. The summed E-state index contributed by atoms with van der Waals surface area (Å²) >= 11 is 0. The van der Waals surface area contributed by atoms with E-state index in [4.69, 9.17) is 14.2 Å². The number of hydrogen-bond acceptors (Lipinski definition) is 3. The van der Waals surface area contributed by atoms with E-state index in [0.717, 1.165) is 5.56 Å². The Hall–Kier alpha value is -0.900. The van der Waals surface area contributed by atoms with Crippen molar-refractivity contribution >= 4 is 0 Å². The molecule has 0 aliphatic carbocycles. The normalized spacial score (nSPS) is 28.5. The van der Waals surface area contributed by atoms with Crippen molar-refractivity contribution in [3.63, 3.8) is 0 Å². The lowest BCUT2D eigenvalue weighted by atomic mass is 9.89. The zero-order valence-corrected chi connectivity index (χ0v) is 9.27. The van der Waals surface area contributed by atoms with Crippen LogP contribution < -0.4 is 0 Å². The summed E-state index contributed by atoms with van der Waals surface area (Å²) in [6, 6.07) is 10.1. The first-order valence-electron chi connectivity index (χ1n) is 5.06. The van der Waals surface area contributed by atoms with Crippen molar-refractivity contribution in [2.75, 3.05) is 14.2 Å². The number of methoxy groups -OCH3 is 2. The number of ether oxygens (including phenoxy) is 3. The summed E-state index contributed by atoms with van der Waals surface area (Å²) in [5.41, 5.74) is 1.16. The lowest BCUT2D eigenvalue weighted by Gasteiger charge is -2.50. The van der Waals surface area contributed by atoms with E-state index in [9.17, 15) is 0 Å². The van der Waals surface area contributed by atoms with Crippen LogP contribution in [0.4, 0.5) is 0 Å². The Labute approximate surface area is 90.0 Å². The number of benzene rings is 1. The van der Waals surface area contributed by atoms with Crippen LogP contribution in [0.1, 0.15) is 18.6 Å². The van der Waals surface area contributed by atoms with Gasteiger partial charge in [0.05, 0.1) is 12.0 Å². The Balaban J connectivity index is 2.12. The van der Waals surface area contributed by atoms with Crippen molar-refractivity contribution in [1.82, 2.24) is 0 Å². The fraction of sp³-hybridized carbons (Fsp3) is 0.500. The molecule has 1 saturated heterocycles. The van der Waals surface area contributed by atoms with Gasteiger partial charge in [-0.3, -0.25) is 0 Å². The van der Waals surface area contributed by atoms with Crippen molar-refractivity contribution < 1.29 is 14.2 Å². The van der Waals surface area contributed by atoms with E-state index in [1.54, 1.807) is 14.2 Å². The molecule has 0 radical (unpaired) electrons. The van der Waals surface area contributed by atoms with Gasteiger partial charge >= 0.3 is 0 Å². The van der Waals surface area contributed by atoms with Crippen LogP contribution >= 0.6 is 0 Å². The Bertz CT molecular complexity index is 319. The quantitative estimate of drug-likeness (QED) is 0.713. The molecular weight excluding hydrogens is 192 g/mol. The fourth-order valence-corrected chi connectivity index (χ4v) is 2.05. The van der Waals surface area contributed by atoms with Gasteiger partial charge in [0.2, 0.25) is 0 Å². The van der Waals surface area contributed by atoms with Gasteiger partial charge in [-0.1, -0.05) is 37.3 Å². The molecule has 1 aromatic carbocycles. The summed E-state index contributed by atoms with van der Waals surface area (Å²) in [7, 11) is 3.20. The third-order valence-corrected chi connectivity index (χ3v) is 3.00. The Morgan fingerprint density at radius 3 is 2.20 bits per heavy atom. The van der Waals surface area contributed by atoms with Crippen LogP contribution in [0.15, 0.2) is 30.3 Å². The van der Waals surface area contributed by atoms with Gasteiger partial charge in [0.1, 0.15) is 0 Å². The van der Waals surface area contributed by atoms with Gasteiger partial charge in [-0.05, 0) is 5.56 Å². The van der Waals surface area contributed by atoms with Crippen LogP contribution in [0.2, 0.25) is 0 Å². The summed E-state index contributed by atoms with van der Waals surface area (Å²) in [6.07, 6.45) is 0.0612. The van der Waals surface area contributed by atoms with Gasteiger partial charge < -0.3 is 14.2 Å². The molecule has 0 bridgehead atoms. The van der Waals surface area contributed by atoms with Crippen molar-refractivity contribution in [3.8, 4) is 0 Å². The van der Waals surface area contributed by atoms with Crippen molar-refractivity contribution in [3.05, 3.63) is 35.9 Å². The largest absolute Gasteiger partial charge is 0.331 e. The molecule has 0 aromatic heterocycles. The molecule has 82 valence electrons. The second-order valence-corrected chi connectivity index (χ2v) is 3.75. The van der Waals surface area contributed by atoms with E-state index in [0.29, 0.717) is 0 Å². The third-order valence-electron chi connectivity index (χ3n) is 3.00. The molecule has 1 heterocycles. The maximum Gasteiger partial charge on any atom is 0.288 e. The van der Waals surface area contributed by atoms with Crippen molar-refractivity contribution in [2.24, 2.45) is 5.92 Å². The van der Waals surface area contributed by atoms with E-state index in [2.05, 4.69) is 19.1 Å². The topological polar surface area (TPSA) is 27.7 Å². The van der Waals surface area contributed by atoms with Gasteiger partial charge in [0.25, 0.3) is 5.97 Å². The minimum Gasteiger partial charge on any atom is -0.331 e. The van der Waals surface area contributed by atoms with E-state index < -0.39 is 5.97 Å². The molecule has 0 N–H and O–H groups in total. The second kappa shape index (κ2) is 3.93. The number of hydrogen-bond donors (Lipinski definition) is 0. The van der Waals surface area contributed by atoms with E-state index in [1.807, 2.05) is 18.2 Å². The summed E-state index contributed by atoms with van der Waals surface area (Å²) in [6.45, 7) is 2.06. The highest BCUT2D eigenvalue weighted by Crippen LogP contribution is 2.49. The fourth-order valence-electron chi connectivity index (χ4n) is 2.05. The second-order valence-electron chi connectivity index (χ2n) is 3.75. The Kier molecular flexibility index (Phi) is 2.78. The van der Waals surface area contributed by atoms with Gasteiger partial charge in [-0.25, -0.2) is 0 Å². The van der Waals surface area contributed by atoms with Crippen LogP contribution in [-0.4, -0.2) is 20.2 Å². The van der Waals surface area contributed by atoms with Crippen LogP contribution in [0.25, 0.3) is 0 Å². The zero-order chi connectivity index (χ0) is 10.9. The molecule has 2 unspecified atom stereocenters. The maximum absolute atomic E-state index is 5.68. The molecule has 3 heteroatoms. The predicted octanol–water partition coefficient (Wildman–Crippen LogP) is 2.34. The molecule has 1 aliphatic rings. The lowest BCUT2D eigenvalue weighted by molar-refractivity contribution is -0.480. The molecule has 1 aromatic rings. The van der Waals surface area contributed by atoms with Crippen molar-refractivity contribution in [1.29, 1.82) is 0 Å². The van der Waals surface area contributed by atoms with E-state index in [-0.39, 0.29) is 12.0 Å². The molecule has 2 atom stereocenters. The predicted molar refractivity (Wildman–Crippen MR) is 56.2 cm³/mol. The molecule has 0 spiro atoms. The molecule has 0 amide bonds. The molecule has 2 rings (SSSR count).